The average molecular weight is 290 g/mol. The van der Waals surface area contributed by atoms with Crippen LogP contribution < -0.4 is 0 Å². The zero-order valence-electron chi connectivity index (χ0n) is 9.89. The summed E-state index contributed by atoms with van der Waals surface area (Å²) in [5.74, 6) is 0.346. The maximum atomic E-state index is 13.5. The molecule has 0 unspecified atom stereocenters. The highest BCUT2D eigenvalue weighted by atomic mass is 32.1. The van der Waals surface area contributed by atoms with Crippen molar-refractivity contribution in [2.24, 2.45) is 0 Å². The third kappa shape index (κ3) is 2.41. The third-order valence-electron chi connectivity index (χ3n) is 2.70. The first-order valence-electron chi connectivity index (χ1n) is 5.42. The molecule has 0 radical (unpaired) electrons. The largest absolute Gasteiger partial charge is 0.346 e. The van der Waals surface area contributed by atoms with Gasteiger partial charge >= 0.3 is 5.66 Å². The summed E-state index contributed by atoms with van der Waals surface area (Å²) in [6, 6.07) is 6.07. The molecule has 18 heavy (non-hydrogen) atoms. The molecule has 0 fully saturated rings. The standard InChI is InChI=1S/C12H13F2O2PS/c1-7(2)11-6-8-5-9(3-4-10(8)18-11)12(13,14)17(15)16/h3-7,15-16H,1-2H3. The van der Waals surface area contributed by atoms with Crippen molar-refractivity contribution in [1.82, 2.24) is 0 Å². The number of benzene rings is 1. The summed E-state index contributed by atoms with van der Waals surface area (Å²) < 4.78 is 27.9. The van der Waals surface area contributed by atoms with Crippen LogP contribution in [0.25, 0.3) is 10.1 Å². The fourth-order valence-corrected chi connectivity index (χ4v) is 3.07. The summed E-state index contributed by atoms with van der Waals surface area (Å²) in [7, 11) is -3.31. The Kier molecular flexibility index (Phi) is 3.70. The van der Waals surface area contributed by atoms with Gasteiger partial charge in [0.15, 0.2) is 0 Å². The van der Waals surface area contributed by atoms with Crippen LogP contribution in [-0.4, -0.2) is 9.79 Å². The maximum Gasteiger partial charge on any atom is 0.339 e. The summed E-state index contributed by atoms with van der Waals surface area (Å²) in [5, 5.41) is 0.720. The Hall–Kier alpha value is -0.610. The minimum atomic E-state index is -3.58. The van der Waals surface area contributed by atoms with E-state index in [0.29, 0.717) is 5.92 Å². The topological polar surface area (TPSA) is 40.5 Å². The monoisotopic (exact) mass is 290 g/mol. The maximum absolute atomic E-state index is 13.5. The van der Waals surface area contributed by atoms with E-state index in [1.54, 1.807) is 17.4 Å². The number of hydrogen-bond acceptors (Lipinski definition) is 3. The Morgan fingerprint density at radius 1 is 1.22 bits per heavy atom. The van der Waals surface area contributed by atoms with Gasteiger partial charge in [-0.1, -0.05) is 19.9 Å². The summed E-state index contributed by atoms with van der Waals surface area (Å²) >= 11 is 1.57. The Bertz CT molecular complexity index is 566. The van der Waals surface area contributed by atoms with Gasteiger partial charge in [-0.15, -0.1) is 11.3 Å². The average Bonchev–Trinajstić information content (AvgIpc) is 2.71. The van der Waals surface area contributed by atoms with Gasteiger partial charge in [0.05, 0.1) is 0 Å². The smallest absolute Gasteiger partial charge is 0.339 e. The van der Waals surface area contributed by atoms with Crippen LogP contribution >= 0.6 is 19.7 Å². The van der Waals surface area contributed by atoms with Gasteiger partial charge in [0.2, 0.25) is 8.38 Å². The van der Waals surface area contributed by atoms with Crippen LogP contribution in [0.2, 0.25) is 0 Å². The SMILES string of the molecule is CC(C)c1cc2cc(C(F)(F)P(O)O)ccc2s1. The minimum absolute atomic E-state index is 0.346. The molecule has 0 saturated carbocycles. The first-order chi connectivity index (χ1) is 8.32. The molecule has 0 saturated heterocycles. The van der Waals surface area contributed by atoms with E-state index in [9.17, 15) is 8.78 Å². The minimum Gasteiger partial charge on any atom is -0.346 e. The van der Waals surface area contributed by atoms with E-state index >= 15 is 0 Å². The summed E-state index contributed by atoms with van der Waals surface area (Å²) in [5.41, 5.74) is -3.93. The van der Waals surface area contributed by atoms with Crippen LogP contribution in [0.5, 0.6) is 0 Å². The quantitative estimate of drug-likeness (QED) is 0.824. The fraction of sp³-hybridized carbons (Fsp3) is 0.333. The first kappa shape index (κ1) is 13.8. The molecule has 2 N–H and O–H groups in total. The predicted molar refractivity (Wildman–Crippen MR) is 71.2 cm³/mol. The molecule has 1 aromatic heterocycles. The van der Waals surface area contributed by atoms with Crippen molar-refractivity contribution in [3.05, 3.63) is 34.7 Å². The van der Waals surface area contributed by atoms with Crippen LogP contribution in [-0.2, 0) is 5.66 Å². The molecule has 0 aliphatic rings. The molecule has 98 valence electrons. The normalized spacial score (nSPS) is 12.9. The van der Waals surface area contributed by atoms with E-state index in [1.165, 1.54) is 12.1 Å². The zero-order valence-corrected chi connectivity index (χ0v) is 11.6. The van der Waals surface area contributed by atoms with Crippen molar-refractivity contribution in [2.45, 2.75) is 25.4 Å². The molecular formula is C12H13F2O2PS. The number of alkyl halides is 2. The lowest BCUT2D eigenvalue weighted by Gasteiger charge is -2.17. The Balaban J connectivity index is 2.50. The summed E-state index contributed by atoms with van der Waals surface area (Å²) in [4.78, 5) is 18.7. The third-order valence-corrected chi connectivity index (χ3v) is 4.88. The van der Waals surface area contributed by atoms with Crippen molar-refractivity contribution in [1.29, 1.82) is 0 Å². The van der Waals surface area contributed by atoms with Gasteiger partial charge in [-0.2, -0.15) is 8.78 Å². The molecule has 0 spiro atoms. The molecule has 0 atom stereocenters. The number of rotatable bonds is 3. The van der Waals surface area contributed by atoms with Crippen LogP contribution in [0.15, 0.2) is 24.3 Å². The predicted octanol–water partition coefficient (Wildman–Crippen LogP) is 4.37. The second-order valence-electron chi connectivity index (χ2n) is 4.39. The molecular weight excluding hydrogens is 277 g/mol. The number of halogens is 2. The van der Waals surface area contributed by atoms with Crippen LogP contribution in [0.1, 0.15) is 30.2 Å². The van der Waals surface area contributed by atoms with E-state index in [4.69, 9.17) is 9.79 Å². The second-order valence-corrected chi connectivity index (χ2v) is 6.64. The van der Waals surface area contributed by atoms with Gasteiger partial charge in [0.25, 0.3) is 0 Å². The van der Waals surface area contributed by atoms with E-state index in [2.05, 4.69) is 0 Å². The second kappa shape index (κ2) is 4.82. The molecule has 2 aromatic rings. The lowest BCUT2D eigenvalue weighted by atomic mass is 10.1. The van der Waals surface area contributed by atoms with Crippen molar-refractivity contribution in [3.8, 4) is 0 Å². The van der Waals surface area contributed by atoms with Crippen LogP contribution in [0.3, 0.4) is 0 Å². The van der Waals surface area contributed by atoms with E-state index in [-0.39, 0.29) is 5.56 Å². The van der Waals surface area contributed by atoms with Crippen molar-refractivity contribution < 1.29 is 18.6 Å². The number of thiophene rings is 1. The highest BCUT2D eigenvalue weighted by Gasteiger charge is 2.40. The molecule has 0 amide bonds. The number of fused-ring (bicyclic) bond motifs is 1. The molecule has 0 bridgehead atoms. The van der Waals surface area contributed by atoms with Gasteiger partial charge < -0.3 is 9.79 Å². The summed E-state index contributed by atoms with van der Waals surface area (Å²) in [6.07, 6.45) is 0. The number of hydrogen-bond donors (Lipinski definition) is 2. The summed E-state index contributed by atoms with van der Waals surface area (Å²) in [6.45, 7) is 4.09. The molecule has 6 heteroatoms. The lowest BCUT2D eigenvalue weighted by Crippen LogP contribution is -2.10. The van der Waals surface area contributed by atoms with Crippen LogP contribution in [0, 0.1) is 0 Å². The van der Waals surface area contributed by atoms with Crippen molar-refractivity contribution >= 4 is 29.8 Å². The highest BCUT2D eigenvalue weighted by molar-refractivity contribution is 7.46. The Morgan fingerprint density at radius 2 is 1.89 bits per heavy atom. The van der Waals surface area contributed by atoms with Gasteiger partial charge in [-0.05, 0) is 29.5 Å². The Labute approximate surface area is 109 Å². The molecule has 2 nitrogen and oxygen atoms in total. The van der Waals surface area contributed by atoms with Crippen molar-refractivity contribution in [2.75, 3.05) is 0 Å². The van der Waals surface area contributed by atoms with Gasteiger partial charge in [-0.25, -0.2) is 0 Å². The molecule has 1 aromatic carbocycles. The Morgan fingerprint density at radius 3 is 2.44 bits per heavy atom. The van der Waals surface area contributed by atoms with Gasteiger partial charge in [0, 0.05) is 15.1 Å². The molecule has 2 rings (SSSR count). The fourth-order valence-electron chi connectivity index (χ4n) is 1.65. The van der Waals surface area contributed by atoms with Gasteiger partial charge in [-0.3, -0.25) is 0 Å². The highest BCUT2D eigenvalue weighted by Crippen LogP contribution is 2.53. The van der Waals surface area contributed by atoms with Gasteiger partial charge in [0.1, 0.15) is 0 Å². The van der Waals surface area contributed by atoms with Crippen molar-refractivity contribution in [3.63, 3.8) is 0 Å². The molecule has 0 aliphatic carbocycles. The van der Waals surface area contributed by atoms with Crippen LogP contribution in [0.4, 0.5) is 8.78 Å². The van der Waals surface area contributed by atoms with E-state index in [1.807, 2.05) is 19.9 Å². The molecule has 0 aliphatic heterocycles. The van der Waals surface area contributed by atoms with E-state index in [0.717, 1.165) is 15.0 Å². The first-order valence-corrected chi connectivity index (χ1v) is 7.48. The molecule has 1 heterocycles. The zero-order chi connectivity index (χ0) is 13.5. The van der Waals surface area contributed by atoms with E-state index < -0.39 is 14.0 Å². The lowest BCUT2D eigenvalue weighted by molar-refractivity contribution is 0.0734.